The lowest BCUT2D eigenvalue weighted by molar-refractivity contribution is -0.117. The van der Waals surface area contributed by atoms with E-state index in [9.17, 15) is 24.2 Å². The summed E-state index contributed by atoms with van der Waals surface area (Å²) in [6.07, 6.45) is 0. The van der Waals surface area contributed by atoms with E-state index in [0.29, 0.717) is 31.2 Å². The number of Topliss-reactive ketones (excluding diaryl/α,β-unsaturated/α-hetero) is 1. The van der Waals surface area contributed by atoms with Gasteiger partial charge in [0, 0.05) is 5.75 Å². The van der Waals surface area contributed by atoms with Crippen LogP contribution in [0.3, 0.4) is 0 Å². The average molecular weight is 585 g/mol. The first-order valence-electron chi connectivity index (χ1n) is 11.5. The predicted molar refractivity (Wildman–Crippen MR) is 146 cm³/mol. The molecule has 1 amide bonds. The highest BCUT2D eigenvalue weighted by Crippen LogP contribution is 2.46. The number of thioether (sulfide) groups is 1. The molecule has 2 aromatic heterocycles. The van der Waals surface area contributed by atoms with Crippen LogP contribution >= 0.6 is 34.4 Å². The van der Waals surface area contributed by atoms with Gasteiger partial charge in [0.25, 0.3) is 5.91 Å². The third-order valence-corrected chi connectivity index (χ3v) is 9.16. The quantitative estimate of drug-likeness (QED) is 0.156. The molecule has 2 aromatic carbocycles. The van der Waals surface area contributed by atoms with Crippen molar-refractivity contribution in [2.24, 2.45) is 0 Å². The number of benzene rings is 2. The molecule has 2 N–H and O–H groups in total. The van der Waals surface area contributed by atoms with Gasteiger partial charge in [-0.25, -0.2) is 9.37 Å². The van der Waals surface area contributed by atoms with E-state index in [0.717, 1.165) is 16.9 Å². The number of carbonyl (C=O) groups excluding carboxylic acids is 2. The highest BCUT2D eigenvalue weighted by molar-refractivity contribution is 8.00. The van der Waals surface area contributed by atoms with E-state index in [2.05, 4.69) is 15.2 Å². The molecule has 0 saturated heterocycles. The van der Waals surface area contributed by atoms with Crippen LogP contribution in [0.15, 0.2) is 58.1 Å². The number of aliphatic hydroxyl groups is 1. The number of phenols is 1. The molecule has 5 rings (SSSR count). The van der Waals surface area contributed by atoms with Crippen LogP contribution in [0.1, 0.15) is 37.5 Å². The van der Waals surface area contributed by atoms with Crippen molar-refractivity contribution in [3.63, 3.8) is 0 Å². The number of hydrogen-bond acceptors (Lipinski definition) is 11. The molecule has 0 aliphatic carbocycles. The van der Waals surface area contributed by atoms with Gasteiger partial charge >= 0.3 is 0 Å². The molecule has 0 saturated carbocycles. The molecular formula is C26H21FN4O5S3. The maximum atomic E-state index is 13.7. The second kappa shape index (κ2) is 10.8. The fraction of sp³-hybridized carbons (Fsp3) is 0.192. The number of hydrogen-bond donors (Lipinski definition) is 2. The summed E-state index contributed by atoms with van der Waals surface area (Å²) in [5, 5.41) is 30.4. The molecule has 13 heteroatoms. The summed E-state index contributed by atoms with van der Waals surface area (Å²) in [7, 11) is 1.38. The monoisotopic (exact) mass is 584 g/mol. The van der Waals surface area contributed by atoms with Crippen molar-refractivity contribution in [1.29, 1.82) is 0 Å². The number of aromatic nitrogens is 3. The number of methoxy groups -OCH3 is 1. The van der Waals surface area contributed by atoms with Crippen molar-refractivity contribution < 1.29 is 28.9 Å². The van der Waals surface area contributed by atoms with Crippen LogP contribution in [0.25, 0.3) is 0 Å². The molecule has 39 heavy (non-hydrogen) atoms. The molecule has 0 bridgehead atoms. The lowest BCUT2D eigenvalue weighted by atomic mass is 9.95. The summed E-state index contributed by atoms with van der Waals surface area (Å²) in [6.45, 7) is 3.46. The molecule has 200 valence electrons. The molecule has 0 fully saturated rings. The van der Waals surface area contributed by atoms with Crippen molar-refractivity contribution in [2.75, 3.05) is 12.0 Å². The van der Waals surface area contributed by atoms with Gasteiger partial charge < -0.3 is 14.9 Å². The van der Waals surface area contributed by atoms with Gasteiger partial charge in [0.1, 0.15) is 5.82 Å². The number of amides is 1. The number of thiazole rings is 1. The Morgan fingerprint density at radius 2 is 1.87 bits per heavy atom. The highest BCUT2D eigenvalue weighted by Gasteiger charge is 2.47. The summed E-state index contributed by atoms with van der Waals surface area (Å²) in [4.78, 5) is 33.0. The zero-order chi connectivity index (χ0) is 27.8. The molecule has 0 radical (unpaired) electrons. The van der Waals surface area contributed by atoms with Gasteiger partial charge in [0.05, 0.1) is 34.3 Å². The molecule has 1 aliphatic rings. The van der Waals surface area contributed by atoms with Gasteiger partial charge in [0.15, 0.2) is 21.6 Å². The van der Waals surface area contributed by atoms with Crippen molar-refractivity contribution in [1.82, 2.24) is 15.2 Å². The SMILES string of the molecule is COc1cc(C2C(C(=O)c3sc(C)nc3C)=C(O)C(=O)N2c2nnc(SCc3ccc(F)cc3)s2)ccc1O. The maximum absolute atomic E-state index is 13.7. The van der Waals surface area contributed by atoms with Crippen LogP contribution in [-0.2, 0) is 10.5 Å². The minimum atomic E-state index is -1.07. The Morgan fingerprint density at radius 3 is 2.54 bits per heavy atom. The Labute approximate surface area is 234 Å². The molecule has 9 nitrogen and oxygen atoms in total. The summed E-state index contributed by atoms with van der Waals surface area (Å²) in [5.74, 6) is -1.85. The number of aryl methyl sites for hydroxylation is 2. The van der Waals surface area contributed by atoms with Gasteiger partial charge in [0.2, 0.25) is 10.9 Å². The smallest absolute Gasteiger partial charge is 0.296 e. The standard InChI is InChI=1S/C26H21FN4O5S3/c1-12-23(38-13(2)28-12)21(33)19-20(15-6-9-17(32)18(10-15)36-3)31(24(35)22(19)34)25-29-30-26(39-25)37-11-14-4-7-16(27)8-5-14/h4-10,20,32,34H,11H2,1-3H3. The summed E-state index contributed by atoms with van der Waals surface area (Å²) < 4.78 is 19.0. The van der Waals surface area contributed by atoms with Crippen LogP contribution in [0.4, 0.5) is 9.52 Å². The van der Waals surface area contributed by atoms with Gasteiger partial charge in [-0.15, -0.1) is 21.5 Å². The van der Waals surface area contributed by atoms with Gasteiger partial charge in [-0.05, 0) is 49.2 Å². The number of halogens is 1. The first kappa shape index (κ1) is 26.8. The molecular weight excluding hydrogens is 564 g/mol. The lowest BCUT2D eigenvalue weighted by Crippen LogP contribution is -2.31. The van der Waals surface area contributed by atoms with E-state index in [1.807, 2.05) is 0 Å². The third-order valence-electron chi connectivity index (χ3n) is 5.96. The first-order chi connectivity index (χ1) is 18.7. The van der Waals surface area contributed by atoms with Gasteiger partial charge in [-0.3, -0.25) is 14.5 Å². The Hall–Kier alpha value is -3.81. The number of anilines is 1. The molecule has 4 aromatic rings. The Bertz CT molecular complexity index is 1620. The predicted octanol–water partition coefficient (Wildman–Crippen LogP) is 5.54. The second-order valence-electron chi connectivity index (χ2n) is 8.51. The van der Waals surface area contributed by atoms with Crippen molar-refractivity contribution in [3.05, 3.63) is 86.3 Å². The van der Waals surface area contributed by atoms with Crippen LogP contribution in [0, 0.1) is 19.7 Å². The third kappa shape index (κ3) is 5.12. The van der Waals surface area contributed by atoms with E-state index in [4.69, 9.17) is 4.74 Å². The molecule has 1 unspecified atom stereocenters. The van der Waals surface area contributed by atoms with E-state index in [1.165, 1.54) is 59.4 Å². The number of ether oxygens (including phenoxy) is 1. The fourth-order valence-corrected chi connectivity index (χ4v) is 6.86. The van der Waals surface area contributed by atoms with Crippen LogP contribution in [0.2, 0.25) is 0 Å². The number of phenolic OH excluding ortho intramolecular Hbond substituents is 1. The minimum absolute atomic E-state index is 0.123. The van der Waals surface area contributed by atoms with Crippen molar-refractivity contribution >= 4 is 51.3 Å². The number of aromatic hydroxyl groups is 1. The minimum Gasteiger partial charge on any atom is -0.504 e. The van der Waals surface area contributed by atoms with E-state index >= 15 is 0 Å². The molecule has 1 aliphatic heterocycles. The van der Waals surface area contributed by atoms with Crippen molar-refractivity contribution in [3.8, 4) is 11.5 Å². The van der Waals surface area contributed by atoms with Crippen LogP contribution in [0.5, 0.6) is 11.5 Å². The Morgan fingerprint density at radius 1 is 1.13 bits per heavy atom. The number of nitrogens with zero attached hydrogens (tertiary/aromatic N) is 4. The number of ketones is 1. The zero-order valence-electron chi connectivity index (χ0n) is 20.8. The molecule has 0 spiro atoms. The maximum Gasteiger partial charge on any atom is 0.296 e. The highest BCUT2D eigenvalue weighted by atomic mass is 32.2. The van der Waals surface area contributed by atoms with Gasteiger partial charge in [-0.2, -0.15) is 0 Å². The topological polar surface area (TPSA) is 126 Å². The lowest BCUT2D eigenvalue weighted by Gasteiger charge is -2.24. The average Bonchev–Trinajstić information content (AvgIpc) is 3.59. The molecule has 3 heterocycles. The summed E-state index contributed by atoms with van der Waals surface area (Å²) in [6, 6.07) is 9.47. The van der Waals surface area contributed by atoms with Crippen LogP contribution < -0.4 is 9.64 Å². The number of rotatable bonds is 8. The van der Waals surface area contributed by atoms with E-state index in [1.54, 1.807) is 32.0 Å². The van der Waals surface area contributed by atoms with Gasteiger partial charge in [-0.1, -0.05) is 41.3 Å². The molecule has 1 atom stereocenters. The van der Waals surface area contributed by atoms with Crippen LogP contribution in [-0.4, -0.2) is 44.2 Å². The summed E-state index contributed by atoms with van der Waals surface area (Å²) >= 11 is 3.65. The second-order valence-corrected chi connectivity index (χ2v) is 11.9. The fourth-order valence-electron chi connectivity index (χ4n) is 4.16. The largest absolute Gasteiger partial charge is 0.504 e. The first-order valence-corrected chi connectivity index (χ1v) is 14.1. The number of carbonyl (C=O) groups is 2. The normalized spacial score (nSPS) is 15.3. The summed E-state index contributed by atoms with van der Waals surface area (Å²) in [5.41, 5.74) is 1.66. The Balaban J connectivity index is 1.53. The zero-order valence-corrected chi connectivity index (χ0v) is 23.3. The van der Waals surface area contributed by atoms with Crippen molar-refractivity contribution in [2.45, 2.75) is 30.0 Å². The number of aliphatic hydroxyl groups excluding tert-OH is 1. The Kier molecular flexibility index (Phi) is 7.38. The van der Waals surface area contributed by atoms with E-state index < -0.39 is 23.5 Å². The van der Waals surface area contributed by atoms with E-state index in [-0.39, 0.29) is 28.0 Å².